The number of hydrogen-bond acceptors (Lipinski definition) is 3. The topological polar surface area (TPSA) is 35.5 Å². The SMILES string of the molecule is CC(C)CC(=O)Oc1ccc(Br)cc1OC(C)C. The molecule has 0 saturated heterocycles. The van der Waals surface area contributed by atoms with Crippen molar-refractivity contribution >= 4 is 21.9 Å². The van der Waals surface area contributed by atoms with Crippen LogP contribution < -0.4 is 9.47 Å². The first-order valence-corrected chi connectivity index (χ1v) is 6.84. The lowest BCUT2D eigenvalue weighted by molar-refractivity contribution is -0.135. The van der Waals surface area contributed by atoms with Crippen molar-refractivity contribution in [1.29, 1.82) is 0 Å². The normalized spacial score (nSPS) is 10.8. The van der Waals surface area contributed by atoms with E-state index in [9.17, 15) is 4.79 Å². The molecule has 4 heteroatoms. The van der Waals surface area contributed by atoms with Crippen LogP contribution in [0.25, 0.3) is 0 Å². The van der Waals surface area contributed by atoms with Gasteiger partial charge in [-0.1, -0.05) is 29.8 Å². The minimum Gasteiger partial charge on any atom is -0.487 e. The minimum atomic E-state index is -0.235. The fourth-order valence-electron chi connectivity index (χ4n) is 1.41. The smallest absolute Gasteiger partial charge is 0.311 e. The Bertz CT molecular complexity index is 414. The van der Waals surface area contributed by atoms with Gasteiger partial charge in [-0.05, 0) is 38.0 Å². The van der Waals surface area contributed by atoms with Crippen molar-refractivity contribution in [2.24, 2.45) is 5.92 Å². The summed E-state index contributed by atoms with van der Waals surface area (Å²) < 4.78 is 11.8. The Labute approximate surface area is 117 Å². The second-order valence-electron chi connectivity index (χ2n) is 4.83. The summed E-state index contributed by atoms with van der Waals surface area (Å²) in [5.74, 6) is 1.09. The molecule has 0 bridgehead atoms. The zero-order chi connectivity index (χ0) is 13.7. The molecule has 1 aromatic rings. The Morgan fingerprint density at radius 1 is 1.22 bits per heavy atom. The summed E-state index contributed by atoms with van der Waals surface area (Å²) in [5, 5.41) is 0. The van der Waals surface area contributed by atoms with Crippen LogP contribution >= 0.6 is 15.9 Å². The molecular formula is C14H19BrO3. The third-order valence-electron chi connectivity index (χ3n) is 2.07. The van der Waals surface area contributed by atoms with E-state index in [1.165, 1.54) is 0 Å². The molecule has 0 aliphatic rings. The molecule has 1 rings (SSSR count). The van der Waals surface area contributed by atoms with Gasteiger partial charge in [-0.15, -0.1) is 0 Å². The van der Waals surface area contributed by atoms with Crippen molar-refractivity contribution in [2.75, 3.05) is 0 Å². The second-order valence-corrected chi connectivity index (χ2v) is 5.75. The maximum Gasteiger partial charge on any atom is 0.311 e. The summed E-state index contributed by atoms with van der Waals surface area (Å²) in [6, 6.07) is 5.36. The van der Waals surface area contributed by atoms with E-state index in [1.54, 1.807) is 12.1 Å². The maximum atomic E-state index is 11.7. The van der Waals surface area contributed by atoms with E-state index in [1.807, 2.05) is 33.8 Å². The number of benzene rings is 1. The van der Waals surface area contributed by atoms with Crippen LogP contribution in [0, 0.1) is 5.92 Å². The van der Waals surface area contributed by atoms with Gasteiger partial charge < -0.3 is 9.47 Å². The highest BCUT2D eigenvalue weighted by molar-refractivity contribution is 9.10. The molecule has 0 fully saturated rings. The van der Waals surface area contributed by atoms with E-state index < -0.39 is 0 Å². The molecule has 100 valence electrons. The zero-order valence-corrected chi connectivity index (χ0v) is 12.8. The van der Waals surface area contributed by atoms with Crippen LogP contribution in [-0.4, -0.2) is 12.1 Å². The van der Waals surface area contributed by atoms with Crippen molar-refractivity contribution in [3.05, 3.63) is 22.7 Å². The summed E-state index contributed by atoms with van der Waals surface area (Å²) in [6.07, 6.45) is 0.429. The number of carbonyl (C=O) groups excluding carboxylic acids is 1. The molecule has 0 atom stereocenters. The Hall–Kier alpha value is -1.03. The highest BCUT2D eigenvalue weighted by Gasteiger charge is 2.13. The third kappa shape index (κ3) is 5.08. The van der Waals surface area contributed by atoms with Gasteiger partial charge in [0, 0.05) is 10.9 Å². The van der Waals surface area contributed by atoms with Crippen LogP contribution in [0.2, 0.25) is 0 Å². The van der Waals surface area contributed by atoms with Gasteiger partial charge in [0.05, 0.1) is 6.10 Å². The quantitative estimate of drug-likeness (QED) is 0.604. The molecule has 0 amide bonds. The van der Waals surface area contributed by atoms with Gasteiger partial charge in [0.2, 0.25) is 0 Å². The molecule has 18 heavy (non-hydrogen) atoms. The zero-order valence-electron chi connectivity index (χ0n) is 11.2. The summed E-state index contributed by atoms with van der Waals surface area (Å²) in [5.41, 5.74) is 0. The van der Waals surface area contributed by atoms with Gasteiger partial charge in [0.25, 0.3) is 0 Å². The fourth-order valence-corrected chi connectivity index (χ4v) is 1.75. The average molecular weight is 315 g/mol. The van der Waals surface area contributed by atoms with Crippen LogP contribution in [0.15, 0.2) is 22.7 Å². The molecule has 0 unspecified atom stereocenters. The van der Waals surface area contributed by atoms with Crippen LogP contribution in [0.5, 0.6) is 11.5 Å². The van der Waals surface area contributed by atoms with Crippen molar-refractivity contribution in [3.63, 3.8) is 0 Å². The first-order valence-electron chi connectivity index (χ1n) is 6.05. The molecule has 3 nitrogen and oxygen atoms in total. The summed E-state index contributed by atoms with van der Waals surface area (Å²) in [6.45, 7) is 7.82. The van der Waals surface area contributed by atoms with Crippen molar-refractivity contribution in [3.8, 4) is 11.5 Å². The number of esters is 1. The molecule has 0 heterocycles. The third-order valence-corrected chi connectivity index (χ3v) is 2.56. The molecule has 0 N–H and O–H groups in total. The van der Waals surface area contributed by atoms with Crippen LogP contribution in [0.4, 0.5) is 0 Å². The lowest BCUT2D eigenvalue weighted by atomic mass is 10.1. The molecule has 0 aliphatic carbocycles. The standard InChI is InChI=1S/C14H19BrO3/c1-9(2)7-14(16)18-12-6-5-11(15)8-13(12)17-10(3)4/h5-6,8-10H,7H2,1-4H3. The van der Waals surface area contributed by atoms with E-state index in [0.29, 0.717) is 17.9 Å². The largest absolute Gasteiger partial charge is 0.487 e. The predicted octanol–water partition coefficient (Wildman–Crippen LogP) is 4.19. The highest BCUT2D eigenvalue weighted by Crippen LogP contribution is 2.31. The molecule has 0 spiro atoms. The second kappa shape index (κ2) is 6.78. The average Bonchev–Trinajstić information content (AvgIpc) is 2.20. The minimum absolute atomic E-state index is 0.0295. The number of carbonyl (C=O) groups is 1. The fraction of sp³-hybridized carbons (Fsp3) is 0.500. The molecule has 0 aromatic heterocycles. The molecular weight excluding hydrogens is 296 g/mol. The maximum absolute atomic E-state index is 11.7. The van der Waals surface area contributed by atoms with E-state index >= 15 is 0 Å². The van der Waals surface area contributed by atoms with Gasteiger partial charge in [0.1, 0.15) is 0 Å². The van der Waals surface area contributed by atoms with E-state index in [4.69, 9.17) is 9.47 Å². The Morgan fingerprint density at radius 2 is 1.89 bits per heavy atom. The summed E-state index contributed by atoms with van der Waals surface area (Å²) in [7, 11) is 0. The van der Waals surface area contributed by atoms with Crippen molar-refractivity contribution < 1.29 is 14.3 Å². The van der Waals surface area contributed by atoms with Gasteiger partial charge in [-0.3, -0.25) is 4.79 Å². The first kappa shape index (κ1) is 15.0. The van der Waals surface area contributed by atoms with Crippen molar-refractivity contribution in [2.45, 2.75) is 40.2 Å². The molecule has 0 aliphatic heterocycles. The number of ether oxygens (including phenoxy) is 2. The van der Waals surface area contributed by atoms with Crippen LogP contribution in [-0.2, 0) is 4.79 Å². The van der Waals surface area contributed by atoms with E-state index in [0.717, 1.165) is 4.47 Å². The monoisotopic (exact) mass is 314 g/mol. The van der Waals surface area contributed by atoms with Crippen LogP contribution in [0.3, 0.4) is 0 Å². The van der Waals surface area contributed by atoms with Gasteiger partial charge in [-0.25, -0.2) is 0 Å². The van der Waals surface area contributed by atoms with Gasteiger partial charge in [-0.2, -0.15) is 0 Å². The number of hydrogen-bond donors (Lipinski definition) is 0. The van der Waals surface area contributed by atoms with E-state index in [2.05, 4.69) is 15.9 Å². The molecule has 0 radical (unpaired) electrons. The Morgan fingerprint density at radius 3 is 2.44 bits per heavy atom. The lowest BCUT2D eigenvalue weighted by Gasteiger charge is -2.14. The lowest BCUT2D eigenvalue weighted by Crippen LogP contribution is -2.13. The Kier molecular flexibility index (Phi) is 5.66. The highest BCUT2D eigenvalue weighted by atomic mass is 79.9. The number of halogens is 1. The molecule has 0 saturated carbocycles. The van der Waals surface area contributed by atoms with E-state index in [-0.39, 0.29) is 18.0 Å². The number of rotatable bonds is 5. The predicted molar refractivity (Wildman–Crippen MR) is 75.0 cm³/mol. The summed E-state index contributed by atoms with van der Waals surface area (Å²) >= 11 is 3.37. The van der Waals surface area contributed by atoms with Crippen molar-refractivity contribution in [1.82, 2.24) is 0 Å². The Balaban J connectivity index is 2.83. The van der Waals surface area contributed by atoms with Crippen LogP contribution in [0.1, 0.15) is 34.1 Å². The van der Waals surface area contributed by atoms with Gasteiger partial charge >= 0.3 is 5.97 Å². The van der Waals surface area contributed by atoms with Gasteiger partial charge in [0.15, 0.2) is 11.5 Å². The first-order chi connectivity index (χ1) is 8.38. The summed E-state index contributed by atoms with van der Waals surface area (Å²) in [4.78, 5) is 11.7. The molecule has 1 aromatic carbocycles.